The van der Waals surface area contributed by atoms with E-state index in [1.807, 2.05) is 0 Å². The van der Waals surface area contributed by atoms with E-state index in [0.29, 0.717) is 11.7 Å². The van der Waals surface area contributed by atoms with Gasteiger partial charge in [-0.05, 0) is 38.0 Å². The van der Waals surface area contributed by atoms with Crippen molar-refractivity contribution in [3.8, 4) is 0 Å². The van der Waals surface area contributed by atoms with Gasteiger partial charge in [0.1, 0.15) is 5.78 Å². The molecular formula is C13H23NO. The molecule has 0 bridgehead atoms. The first kappa shape index (κ1) is 11.1. The van der Waals surface area contributed by atoms with Crippen molar-refractivity contribution in [2.24, 2.45) is 11.8 Å². The van der Waals surface area contributed by atoms with Gasteiger partial charge >= 0.3 is 0 Å². The molecule has 0 radical (unpaired) electrons. The first-order valence-electron chi connectivity index (χ1n) is 6.41. The minimum Gasteiger partial charge on any atom is -0.300 e. The smallest absolute Gasteiger partial charge is 0.133 e. The number of Topliss-reactive ketones (excluding diaryl/α,β-unsaturated/α-hetero) is 1. The maximum atomic E-state index is 11.4. The van der Waals surface area contributed by atoms with Gasteiger partial charge in [0.05, 0.1) is 0 Å². The summed E-state index contributed by atoms with van der Waals surface area (Å²) in [7, 11) is 0. The molecule has 0 aromatic carbocycles. The molecule has 2 nitrogen and oxygen atoms in total. The van der Waals surface area contributed by atoms with Crippen LogP contribution in [0.4, 0.5) is 0 Å². The van der Waals surface area contributed by atoms with Crippen LogP contribution in [0.3, 0.4) is 0 Å². The molecule has 2 heteroatoms. The summed E-state index contributed by atoms with van der Waals surface area (Å²) in [6, 6.07) is 0.733. The second-order valence-electron chi connectivity index (χ2n) is 5.64. The first-order valence-corrected chi connectivity index (χ1v) is 6.41. The van der Waals surface area contributed by atoms with E-state index in [4.69, 9.17) is 0 Å². The zero-order valence-electron chi connectivity index (χ0n) is 10.0. The second kappa shape index (κ2) is 4.65. The molecule has 2 rings (SSSR count). The second-order valence-corrected chi connectivity index (χ2v) is 5.64. The lowest BCUT2D eigenvalue weighted by atomic mass is 9.88. The molecule has 15 heavy (non-hydrogen) atoms. The summed E-state index contributed by atoms with van der Waals surface area (Å²) < 4.78 is 0. The SMILES string of the molecule is CC1CC(C)N(CC2CCCC(=O)C2)C1. The Hall–Kier alpha value is -0.370. The maximum absolute atomic E-state index is 11.4. The van der Waals surface area contributed by atoms with Crippen LogP contribution < -0.4 is 0 Å². The van der Waals surface area contributed by atoms with Gasteiger partial charge in [0, 0.05) is 32.0 Å². The summed E-state index contributed by atoms with van der Waals surface area (Å²) in [6.45, 7) is 7.07. The van der Waals surface area contributed by atoms with Gasteiger partial charge in [-0.25, -0.2) is 0 Å². The van der Waals surface area contributed by atoms with Crippen LogP contribution in [-0.4, -0.2) is 29.8 Å². The molecule has 86 valence electrons. The van der Waals surface area contributed by atoms with Crippen molar-refractivity contribution in [2.75, 3.05) is 13.1 Å². The largest absolute Gasteiger partial charge is 0.300 e. The zero-order valence-corrected chi connectivity index (χ0v) is 10.0. The lowest BCUT2D eigenvalue weighted by Gasteiger charge is -2.28. The quantitative estimate of drug-likeness (QED) is 0.696. The third kappa shape index (κ3) is 2.81. The van der Waals surface area contributed by atoms with Crippen LogP contribution in [0.5, 0.6) is 0 Å². The molecule has 0 aromatic rings. The van der Waals surface area contributed by atoms with E-state index >= 15 is 0 Å². The molecule has 2 aliphatic rings. The number of carbonyl (C=O) groups excluding carboxylic acids is 1. The van der Waals surface area contributed by atoms with Crippen molar-refractivity contribution in [3.05, 3.63) is 0 Å². The van der Waals surface area contributed by atoms with Crippen LogP contribution in [0.15, 0.2) is 0 Å². The van der Waals surface area contributed by atoms with Gasteiger partial charge in [0.2, 0.25) is 0 Å². The van der Waals surface area contributed by atoms with Crippen LogP contribution in [0.2, 0.25) is 0 Å². The Bertz CT molecular complexity index is 239. The molecule has 0 aromatic heterocycles. The number of likely N-dealkylation sites (tertiary alicyclic amines) is 1. The van der Waals surface area contributed by atoms with Crippen molar-refractivity contribution < 1.29 is 4.79 Å². The molecule has 0 amide bonds. The van der Waals surface area contributed by atoms with Gasteiger partial charge in [0.15, 0.2) is 0 Å². The molecule has 0 N–H and O–H groups in total. The highest BCUT2D eigenvalue weighted by molar-refractivity contribution is 5.79. The standard InChI is InChI=1S/C13H23NO/c1-10-6-11(2)14(8-10)9-12-4-3-5-13(15)7-12/h10-12H,3-9H2,1-2H3. The Morgan fingerprint density at radius 1 is 1.40 bits per heavy atom. The normalized spacial score (nSPS) is 38.5. The zero-order chi connectivity index (χ0) is 10.8. The van der Waals surface area contributed by atoms with E-state index in [2.05, 4.69) is 18.7 Å². The Morgan fingerprint density at radius 2 is 2.20 bits per heavy atom. The van der Waals surface area contributed by atoms with E-state index in [-0.39, 0.29) is 0 Å². The van der Waals surface area contributed by atoms with Gasteiger partial charge in [-0.2, -0.15) is 0 Å². The fourth-order valence-electron chi connectivity index (χ4n) is 3.24. The van der Waals surface area contributed by atoms with Crippen molar-refractivity contribution in [3.63, 3.8) is 0 Å². The summed E-state index contributed by atoms with van der Waals surface area (Å²) in [5, 5.41) is 0. The molecule has 2 fully saturated rings. The fraction of sp³-hybridized carbons (Fsp3) is 0.923. The highest BCUT2D eigenvalue weighted by atomic mass is 16.1. The maximum Gasteiger partial charge on any atom is 0.133 e. The molecule has 0 spiro atoms. The predicted octanol–water partition coefficient (Wildman–Crippen LogP) is 2.48. The fourth-order valence-corrected chi connectivity index (χ4v) is 3.24. The third-order valence-corrected chi connectivity index (χ3v) is 3.99. The van der Waals surface area contributed by atoms with Gasteiger partial charge in [-0.1, -0.05) is 6.92 Å². The molecule has 3 atom stereocenters. The van der Waals surface area contributed by atoms with Gasteiger partial charge in [-0.15, -0.1) is 0 Å². The highest BCUT2D eigenvalue weighted by Crippen LogP contribution is 2.27. The summed E-state index contributed by atoms with van der Waals surface area (Å²) in [5.74, 6) is 1.99. The predicted molar refractivity (Wildman–Crippen MR) is 61.8 cm³/mol. The molecule has 3 unspecified atom stereocenters. The van der Waals surface area contributed by atoms with Crippen LogP contribution in [-0.2, 0) is 4.79 Å². The summed E-state index contributed by atoms with van der Waals surface area (Å²) in [5.41, 5.74) is 0. The van der Waals surface area contributed by atoms with Crippen LogP contribution in [0.1, 0.15) is 46.0 Å². The number of hydrogen-bond donors (Lipinski definition) is 0. The summed E-state index contributed by atoms with van der Waals surface area (Å²) in [4.78, 5) is 14.0. The average molecular weight is 209 g/mol. The van der Waals surface area contributed by atoms with E-state index < -0.39 is 0 Å². The van der Waals surface area contributed by atoms with E-state index in [0.717, 1.165) is 37.8 Å². The average Bonchev–Trinajstić information content (AvgIpc) is 2.45. The van der Waals surface area contributed by atoms with Crippen LogP contribution in [0.25, 0.3) is 0 Å². The lowest BCUT2D eigenvalue weighted by molar-refractivity contribution is -0.121. The number of hydrogen-bond acceptors (Lipinski definition) is 2. The number of rotatable bonds is 2. The van der Waals surface area contributed by atoms with Gasteiger partial charge in [0.25, 0.3) is 0 Å². The molecule has 1 aliphatic carbocycles. The van der Waals surface area contributed by atoms with Gasteiger partial charge in [-0.3, -0.25) is 4.79 Å². The molecular weight excluding hydrogens is 186 g/mol. The Labute approximate surface area is 93.0 Å². The Balaban J connectivity index is 1.83. The number of ketones is 1. The Kier molecular flexibility index (Phi) is 3.45. The third-order valence-electron chi connectivity index (χ3n) is 3.99. The summed E-state index contributed by atoms with van der Waals surface area (Å²) in [6.07, 6.45) is 5.41. The van der Waals surface area contributed by atoms with Crippen molar-refractivity contribution in [1.29, 1.82) is 0 Å². The molecule has 1 saturated carbocycles. The number of nitrogens with zero attached hydrogens (tertiary/aromatic N) is 1. The topological polar surface area (TPSA) is 20.3 Å². The van der Waals surface area contributed by atoms with E-state index in [1.54, 1.807) is 0 Å². The van der Waals surface area contributed by atoms with E-state index in [1.165, 1.54) is 19.4 Å². The minimum absolute atomic E-state index is 0.492. The van der Waals surface area contributed by atoms with Crippen LogP contribution >= 0.6 is 0 Å². The lowest BCUT2D eigenvalue weighted by Crippen LogP contribution is -2.34. The van der Waals surface area contributed by atoms with Crippen molar-refractivity contribution >= 4 is 5.78 Å². The van der Waals surface area contributed by atoms with Crippen LogP contribution in [0, 0.1) is 11.8 Å². The van der Waals surface area contributed by atoms with E-state index in [9.17, 15) is 4.79 Å². The minimum atomic E-state index is 0.492. The number of carbonyl (C=O) groups is 1. The van der Waals surface area contributed by atoms with Gasteiger partial charge < -0.3 is 4.90 Å². The monoisotopic (exact) mass is 209 g/mol. The van der Waals surface area contributed by atoms with Crippen molar-refractivity contribution in [2.45, 2.75) is 52.0 Å². The highest BCUT2D eigenvalue weighted by Gasteiger charge is 2.29. The molecule has 1 aliphatic heterocycles. The Morgan fingerprint density at radius 3 is 2.80 bits per heavy atom. The van der Waals surface area contributed by atoms with Crippen molar-refractivity contribution in [1.82, 2.24) is 4.90 Å². The first-order chi connectivity index (χ1) is 7.15. The molecule has 1 heterocycles. The molecule has 1 saturated heterocycles. The summed E-state index contributed by atoms with van der Waals surface area (Å²) >= 11 is 0.